The molecule has 0 saturated carbocycles. The second kappa shape index (κ2) is 12.0. The fourth-order valence-electron chi connectivity index (χ4n) is 3.82. The number of nitrogens with two attached hydrogens (primary N) is 1. The number of fused-ring (bicyclic) bond motifs is 1. The molecule has 0 fully saturated rings. The number of hydrogen-bond acceptors (Lipinski definition) is 5. The van der Waals surface area contributed by atoms with Crippen molar-refractivity contribution >= 4 is 48.4 Å². The number of nitrogen functional groups attached to an aromatic ring is 1. The molecule has 0 radical (unpaired) electrons. The lowest BCUT2D eigenvalue weighted by Crippen LogP contribution is -2.65. The van der Waals surface area contributed by atoms with E-state index in [2.05, 4.69) is 16.0 Å². The van der Waals surface area contributed by atoms with Gasteiger partial charge >= 0.3 is 5.97 Å². The van der Waals surface area contributed by atoms with Crippen LogP contribution in [0.5, 0.6) is 0 Å². The lowest BCUT2D eigenvalue weighted by Gasteiger charge is -2.34. The number of rotatable bonds is 9. The van der Waals surface area contributed by atoms with Crippen molar-refractivity contribution in [2.45, 2.75) is 44.3 Å². The molecule has 1 aliphatic carbocycles. The van der Waals surface area contributed by atoms with Gasteiger partial charge in [-0.25, -0.2) is 0 Å². The van der Waals surface area contributed by atoms with E-state index in [9.17, 15) is 14.4 Å². The van der Waals surface area contributed by atoms with Gasteiger partial charge in [-0.15, -0.1) is 24.8 Å². The van der Waals surface area contributed by atoms with E-state index in [1.165, 1.54) is 0 Å². The molecule has 3 rings (SSSR count). The number of carbonyl (C=O) groups is 3. The van der Waals surface area contributed by atoms with Gasteiger partial charge in [0.1, 0.15) is 11.4 Å². The number of carboxylic acids is 1. The Kier molecular flexibility index (Phi) is 10.3. The molecular formula is C24H31Cl2N5O4. The van der Waals surface area contributed by atoms with Crippen molar-refractivity contribution in [3.63, 3.8) is 0 Å². The third-order valence-corrected chi connectivity index (χ3v) is 5.86. The van der Waals surface area contributed by atoms with E-state index in [1.807, 2.05) is 24.3 Å². The number of amidine groups is 1. The van der Waals surface area contributed by atoms with E-state index in [1.54, 1.807) is 38.1 Å². The zero-order valence-electron chi connectivity index (χ0n) is 19.5. The predicted molar refractivity (Wildman–Crippen MR) is 138 cm³/mol. The minimum atomic E-state index is -1.19. The molecule has 190 valence electrons. The van der Waals surface area contributed by atoms with Crippen molar-refractivity contribution in [2.75, 3.05) is 6.54 Å². The van der Waals surface area contributed by atoms with Crippen LogP contribution in [0.4, 0.5) is 0 Å². The lowest BCUT2D eigenvalue weighted by atomic mass is 9.91. The highest BCUT2D eigenvalue weighted by atomic mass is 35.5. The standard InChI is InChI=1S/C24H29N5O4.2ClH/c1-23(2,28-14-19(30)31)21(32)29-24(11-17-5-3-4-6-18(17)12-24)22(33)27-13-15-7-9-16(10-8-15)20(25)26;;/h3-10,28H,11-14H2,1-2H3,(H3,25,26)(H,27,33)(H,29,32)(H,30,31);2*1H. The Balaban J connectivity index is 0.00000306. The molecule has 9 nitrogen and oxygen atoms in total. The molecule has 0 heterocycles. The normalized spacial score (nSPS) is 13.4. The molecule has 0 unspecified atom stereocenters. The van der Waals surface area contributed by atoms with Gasteiger partial charge in [-0.05, 0) is 30.5 Å². The number of benzene rings is 2. The third kappa shape index (κ3) is 7.17. The third-order valence-electron chi connectivity index (χ3n) is 5.86. The summed E-state index contributed by atoms with van der Waals surface area (Å²) in [5.74, 6) is -1.89. The van der Waals surface area contributed by atoms with Crippen LogP contribution in [0, 0.1) is 5.41 Å². The van der Waals surface area contributed by atoms with Crippen LogP contribution in [-0.2, 0) is 33.8 Å². The van der Waals surface area contributed by atoms with Crippen LogP contribution in [0.25, 0.3) is 0 Å². The van der Waals surface area contributed by atoms with Gasteiger partial charge in [0.2, 0.25) is 11.8 Å². The van der Waals surface area contributed by atoms with Crippen LogP contribution in [0.15, 0.2) is 48.5 Å². The Labute approximate surface area is 216 Å². The average Bonchev–Trinajstić information content (AvgIpc) is 3.15. The summed E-state index contributed by atoms with van der Waals surface area (Å²) >= 11 is 0. The summed E-state index contributed by atoms with van der Waals surface area (Å²) in [4.78, 5) is 37.4. The number of nitrogens with one attached hydrogen (secondary N) is 4. The van der Waals surface area contributed by atoms with Gasteiger partial charge in [0.25, 0.3) is 0 Å². The van der Waals surface area contributed by atoms with Gasteiger partial charge < -0.3 is 21.5 Å². The molecule has 0 atom stereocenters. The Morgan fingerprint density at radius 3 is 2.06 bits per heavy atom. The molecule has 2 aromatic rings. The summed E-state index contributed by atoms with van der Waals surface area (Å²) in [5, 5.41) is 25.0. The first-order chi connectivity index (χ1) is 15.5. The molecule has 0 saturated heterocycles. The zero-order chi connectivity index (χ0) is 24.2. The van der Waals surface area contributed by atoms with E-state index < -0.39 is 23.0 Å². The van der Waals surface area contributed by atoms with Gasteiger partial charge in [-0.3, -0.25) is 25.1 Å². The SMILES string of the molecule is CC(C)(NCC(=O)O)C(=O)NC1(C(=O)NCc2ccc(C(=N)N)cc2)Cc2ccccc2C1.Cl.Cl. The molecule has 2 amide bonds. The highest BCUT2D eigenvalue weighted by Crippen LogP contribution is 2.31. The van der Waals surface area contributed by atoms with Crippen molar-refractivity contribution in [3.05, 3.63) is 70.8 Å². The zero-order valence-corrected chi connectivity index (χ0v) is 21.1. The second-order valence-electron chi connectivity index (χ2n) is 8.82. The molecule has 7 N–H and O–H groups in total. The maximum absolute atomic E-state index is 13.4. The quantitative estimate of drug-likeness (QED) is 0.216. The molecule has 1 aliphatic rings. The van der Waals surface area contributed by atoms with Crippen LogP contribution in [0.2, 0.25) is 0 Å². The van der Waals surface area contributed by atoms with Crippen molar-refractivity contribution in [1.29, 1.82) is 5.41 Å². The van der Waals surface area contributed by atoms with Crippen molar-refractivity contribution in [3.8, 4) is 0 Å². The maximum atomic E-state index is 13.4. The van der Waals surface area contributed by atoms with E-state index in [4.69, 9.17) is 16.2 Å². The van der Waals surface area contributed by atoms with Gasteiger partial charge in [0.15, 0.2) is 0 Å². The van der Waals surface area contributed by atoms with E-state index in [0.29, 0.717) is 18.4 Å². The monoisotopic (exact) mass is 523 g/mol. The molecule has 2 aromatic carbocycles. The molecule has 0 bridgehead atoms. The lowest BCUT2D eigenvalue weighted by molar-refractivity contribution is -0.138. The Hall–Kier alpha value is -3.14. The minimum Gasteiger partial charge on any atom is -0.480 e. The highest BCUT2D eigenvalue weighted by molar-refractivity contribution is 5.96. The summed E-state index contributed by atoms with van der Waals surface area (Å²) in [6.07, 6.45) is 0.665. The van der Waals surface area contributed by atoms with Crippen LogP contribution in [-0.4, -0.2) is 46.3 Å². The van der Waals surface area contributed by atoms with Crippen molar-refractivity contribution < 1.29 is 19.5 Å². The number of hydrogen-bond donors (Lipinski definition) is 6. The van der Waals surface area contributed by atoms with Gasteiger partial charge in [-0.2, -0.15) is 0 Å². The highest BCUT2D eigenvalue weighted by Gasteiger charge is 2.46. The molecule has 35 heavy (non-hydrogen) atoms. The van der Waals surface area contributed by atoms with Crippen LogP contribution in [0.3, 0.4) is 0 Å². The molecule has 0 aliphatic heterocycles. The smallest absolute Gasteiger partial charge is 0.317 e. The molecule has 11 heteroatoms. The first-order valence-corrected chi connectivity index (χ1v) is 10.6. The first-order valence-electron chi connectivity index (χ1n) is 10.6. The maximum Gasteiger partial charge on any atom is 0.317 e. The minimum absolute atomic E-state index is 0. The van der Waals surface area contributed by atoms with E-state index in [-0.39, 0.29) is 49.6 Å². The Bertz CT molecular complexity index is 1060. The largest absolute Gasteiger partial charge is 0.480 e. The number of carbonyl (C=O) groups excluding carboxylic acids is 2. The number of aliphatic carboxylic acids is 1. The van der Waals surface area contributed by atoms with Gasteiger partial charge in [0, 0.05) is 24.9 Å². The van der Waals surface area contributed by atoms with Gasteiger partial charge in [-0.1, -0.05) is 48.5 Å². The topological polar surface area (TPSA) is 157 Å². The first kappa shape index (κ1) is 29.9. The Morgan fingerprint density at radius 1 is 1.03 bits per heavy atom. The summed E-state index contributed by atoms with van der Waals surface area (Å²) in [6, 6.07) is 14.6. The summed E-state index contributed by atoms with van der Waals surface area (Å²) in [7, 11) is 0. The van der Waals surface area contributed by atoms with E-state index in [0.717, 1.165) is 16.7 Å². The molecule has 0 aromatic heterocycles. The summed E-state index contributed by atoms with van der Waals surface area (Å²) < 4.78 is 0. The fraction of sp³-hybridized carbons (Fsp3) is 0.333. The van der Waals surface area contributed by atoms with E-state index >= 15 is 0 Å². The molecule has 0 spiro atoms. The van der Waals surface area contributed by atoms with Crippen LogP contribution >= 0.6 is 24.8 Å². The Morgan fingerprint density at radius 2 is 1.57 bits per heavy atom. The van der Waals surface area contributed by atoms with Crippen LogP contribution in [0.1, 0.15) is 36.1 Å². The predicted octanol–water partition coefficient (Wildman–Crippen LogP) is 1.54. The number of halogens is 2. The van der Waals surface area contributed by atoms with Crippen molar-refractivity contribution in [2.24, 2.45) is 5.73 Å². The average molecular weight is 524 g/mol. The number of amides is 2. The van der Waals surface area contributed by atoms with Crippen LogP contribution < -0.4 is 21.7 Å². The van der Waals surface area contributed by atoms with Crippen molar-refractivity contribution in [1.82, 2.24) is 16.0 Å². The second-order valence-corrected chi connectivity index (χ2v) is 8.82. The van der Waals surface area contributed by atoms with Gasteiger partial charge in [0.05, 0.1) is 12.1 Å². The molecular weight excluding hydrogens is 493 g/mol. The summed E-state index contributed by atoms with van der Waals surface area (Å²) in [6.45, 7) is 3.02. The summed E-state index contributed by atoms with van der Waals surface area (Å²) in [5.41, 5.74) is 6.48. The fourth-order valence-corrected chi connectivity index (χ4v) is 3.82. The number of carboxylic acid groups (broad SMARTS) is 1.